The van der Waals surface area contributed by atoms with Crippen molar-refractivity contribution in [2.24, 2.45) is 5.92 Å². The van der Waals surface area contributed by atoms with Crippen molar-refractivity contribution in [3.8, 4) is 5.69 Å². The molecule has 0 unspecified atom stereocenters. The van der Waals surface area contributed by atoms with Crippen molar-refractivity contribution in [1.82, 2.24) is 15.1 Å². The molecule has 0 bridgehead atoms. The van der Waals surface area contributed by atoms with Gasteiger partial charge < -0.3 is 10.6 Å². The molecule has 3 rings (SSSR count). The fraction of sp³-hybridized carbons (Fsp3) is 0.412. The molecule has 1 fully saturated rings. The van der Waals surface area contributed by atoms with E-state index in [0.29, 0.717) is 6.54 Å². The number of rotatable bonds is 6. The Morgan fingerprint density at radius 1 is 1.30 bits per heavy atom. The van der Waals surface area contributed by atoms with E-state index in [1.807, 2.05) is 48.9 Å². The number of amides is 1. The molecule has 0 spiro atoms. The summed E-state index contributed by atoms with van der Waals surface area (Å²) in [5.41, 5.74) is 3.81. The lowest BCUT2D eigenvalue weighted by atomic mass is 10.2. The number of aryl methyl sites for hydroxylation is 2. The van der Waals surface area contributed by atoms with Gasteiger partial charge in [-0.3, -0.25) is 4.79 Å². The maximum atomic E-state index is 11.9. The first-order valence-corrected chi connectivity index (χ1v) is 7.76. The summed E-state index contributed by atoms with van der Waals surface area (Å²) in [6.45, 7) is 5.30. The average Bonchev–Trinajstić information content (AvgIpc) is 3.23. The molecule has 23 heavy (non-hydrogen) atoms. The van der Waals surface area contributed by atoms with Gasteiger partial charge in [0.1, 0.15) is 0 Å². The van der Waals surface area contributed by atoms with Gasteiger partial charge in [0.05, 0.1) is 17.9 Å². The first-order valence-electron chi connectivity index (χ1n) is 7.76. The predicted octanol–water partition coefficient (Wildman–Crippen LogP) is 2.85. The summed E-state index contributed by atoms with van der Waals surface area (Å²) in [5.74, 6) is 0.772. The zero-order valence-electron chi connectivity index (χ0n) is 13.5. The average molecular weight is 335 g/mol. The fourth-order valence-electron chi connectivity index (χ4n) is 2.52. The Balaban J connectivity index is 0.00000192. The molecular formula is C17H23ClN4O. The molecule has 1 aromatic heterocycles. The van der Waals surface area contributed by atoms with Crippen LogP contribution in [-0.4, -0.2) is 28.8 Å². The van der Waals surface area contributed by atoms with Crippen LogP contribution in [0, 0.1) is 19.8 Å². The molecule has 0 saturated heterocycles. The van der Waals surface area contributed by atoms with Crippen LogP contribution >= 0.6 is 12.4 Å². The minimum Gasteiger partial charge on any atom is -0.325 e. The molecule has 1 saturated carbocycles. The van der Waals surface area contributed by atoms with Gasteiger partial charge in [-0.25, -0.2) is 4.68 Å². The Labute approximate surface area is 142 Å². The summed E-state index contributed by atoms with van der Waals surface area (Å²) < 4.78 is 1.89. The second-order valence-corrected chi connectivity index (χ2v) is 6.01. The molecule has 1 aliphatic carbocycles. The maximum absolute atomic E-state index is 11.9. The normalized spacial score (nSPS) is 13.5. The quantitative estimate of drug-likeness (QED) is 0.854. The molecule has 0 atom stereocenters. The monoisotopic (exact) mass is 334 g/mol. The Kier molecular flexibility index (Phi) is 5.80. The standard InChI is InChI=1S/C17H22N4O.ClH/c1-12-8-13(2)21(20-12)16-5-3-4-15(9-16)19-17(22)11-18-10-14-6-7-14;/h3-5,8-9,14,18H,6-7,10-11H2,1-2H3,(H,19,22);1H. The van der Waals surface area contributed by atoms with Gasteiger partial charge in [-0.05, 0) is 63.4 Å². The van der Waals surface area contributed by atoms with Crippen LogP contribution in [0.5, 0.6) is 0 Å². The number of halogens is 1. The van der Waals surface area contributed by atoms with Gasteiger partial charge >= 0.3 is 0 Å². The van der Waals surface area contributed by atoms with Crippen LogP contribution in [0.25, 0.3) is 5.69 Å². The Morgan fingerprint density at radius 2 is 2.09 bits per heavy atom. The molecule has 5 nitrogen and oxygen atoms in total. The molecule has 2 aromatic rings. The summed E-state index contributed by atoms with van der Waals surface area (Å²) >= 11 is 0. The van der Waals surface area contributed by atoms with E-state index in [2.05, 4.69) is 15.7 Å². The number of carbonyl (C=O) groups excluding carboxylic acids is 1. The lowest BCUT2D eigenvalue weighted by Crippen LogP contribution is -2.29. The second-order valence-electron chi connectivity index (χ2n) is 6.01. The lowest BCUT2D eigenvalue weighted by molar-refractivity contribution is -0.115. The van der Waals surface area contributed by atoms with Crippen LogP contribution in [0.1, 0.15) is 24.2 Å². The molecule has 2 N–H and O–H groups in total. The van der Waals surface area contributed by atoms with Crippen molar-refractivity contribution in [1.29, 1.82) is 0 Å². The number of carbonyl (C=O) groups is 1. The highest BCUT2D eigenvalue weighted by molar-refractivity contribution is 5.92. The van der Waals surface area contributed by atoms with Crippen molar-refractivity contribution in [2.75, 3.05) is 18.4 Å². The third-order valence-corrected chi connectivity index (χ3v) is 3.80. The van der Waals surface area contributed by atoms with Crippen LogP contribution < -0.4 is 10.6 Å². The van der Waals surface area contributed by atoms with Gasteiger partial charge in [0.15, 0.2) is 0 Å². The summed E-state index contributed by atoms with van der Waals surface area (Å²) in [6.07, 6.45) is 2.58. The zero-order chi connectivity index (χ0) is 15.5. The molecule has 0 radical (unpaired) electrons. The second kappa shape index (κ2) is 7.62. The van der Waals surface area contributed by atoms with Gasteiger partial charge in [0, 0.05) is 11.4 Å². The molecule has 1 aliphatic rings. The number of anilines is 1. The van der Waals surface area contributed by atoms with E-state index in [1.165, 1.54) is 12.8 Å². The minimum absolute atomic E-state index is 0. The number of aromatic nitrogens is 2. The van der Waals surface area contributed by atoms with E-state index in [9.17, 15) is 4.79 Å². The maximum Gasteiger partial charge on any atom is 0.238 e. The first kappa shape index (κ1) is 17.5. The topological polar surface area (TPSA) is 59.0 Å². The highest BCUT2D eigenvalue weighted by Gasteiger charge is 2.20. The minimum atomic E-state index is -0.00818. The van der Waals surface area contributed by atoms with Crippen LogP contribution in [0.15, 0.2) is 30.3 Å². The summed E-state index contributed by atoms with van der Waals surface area (Å²) in [5, 5.41) is 10.6. The van der Waals surface area contributed by atoms with Crippen molar-refractivity contribution in [3.63, 3.8) is 0 Å². The summed E-state index contributed by atoms with van der Waals surface area (Å²) in [6, 6.07) is 9.79. The predicted molar refractivity (Wildman–Crippen MR) is 94.5 cm³/mol. The van der Waals surface area contributed by atoms with Crippen LogP contribution in [-0.2, 0) is 4.79 Å². The van der Waals surface area contributed by atoms with Crippen molar-refractivity contribution in [3.05, 3.63) is 41.7 Å². The third-order valence-electron chi connectivity index (χ3n) is 3.80. The Morgan fingerprint density at radius 3 is 2.74 bits per heavy atom. The van der Waals surface area contributed by atoms with E-state index in [1.54, 1.807) is 0 Å². The highest BCUT2D eigenvalue weighted by atomic mass is 35.5. The van der Waals surface area contributed by atoms with Gasteiger partial charge in [0.25, 0.3) is 0 Å². The van der Waals surface area contributed by atoms with Crippen LogP contribution in [0.2, 0.25) is 0 Å². The summed E-state index contributed by atoms with van der Waals surface area (Å²) in [7, 11) is 0. The number of hydrogen-bond acceptors (Lipinski definition) is 3. The first-order chi connectivity index (χ1) is 10.6. The zero-order valence-corrected chi connectivity index (χ0v) is 14.3. The van der Waals surface area contributed by atoms with Crippen LogP contribution in [0.4, 0.5) is 5.69 Å². The third kappa shape index (κ3) is 4.81. The van der Waals surface area contributed by atoms with E-state index < -0.39 is 0 Å². The van der Waals surface area contributed by atoms with E-state index in [-0.39, 0.29) is 18.3 Å². The Bertz CT molecular complexity index is 679. The number of nitrogens with one attached hydrogen (secondary N) is 2. The van der Waals surface area contributed by atoms with Crippen LogP contribution in [0.3, 0.4) is 0 Å². The SMILES string of the molecule is Cc1cc(C)n(-c2cccc(NC(=O)CNCC3CC3)c2)n1.Cl. The molecule has 1 aromatic carbocycles. The molecule has 124 valence electrons. The molecule has 1 amide bonds. The molecule has 1 heterocycles. The molecular weight excluding hydrogens is 312 g/mol. The molecule has 0 aliphatic heterocycles. The number of benzene rings is 1. The van der Waals surface area contributed by atoms with E-state index in [0.717, 1.165) is 35.2 Å². The van der Waals surface area contributed by atoms with Gasteiger partial charge in [0.2, 0.25) is 5.91 Å². The number of hydrogen-bond donors (Lipinski definition) is 2. The Hall–Kier alpha value is -1.85. The molecule has 6 heteroatoms. The van der Waals surface area contributed by atoms with Crippen molar-refractivity contribution < 1.29 is 4.79 Å². The van der Waals surface area contributed by atoms with E-state index >= 15 is 0 Å². The fourth-order valence-corrected chi connectivity index (χ4v) is 2.52. The van der Waals surface area contributed by atoms with Gasteiger partial charge in [-0.1, -0.05) is 6.07 Å². The summed E-state index contributed by atoms with van der Waals surface area (Å²) in [4.78, 5) is 11.9. The van der Waals surface area contributed by atoms with Crippen molar-refractivity contribution >= 4 is 24.0 Å². The smallest absolute Gasteiger partial charge is 0.238 e. The van der Waals surface area contributed by atoms with Gasteiger partial charge in [-0.15, -0.1) is 12.4 Å². The van der Waals surface area contributed by atoms with Crippen molar-refractivity contribution in [2.45, 2.75) is 26.7 Å². The van der Waals surface area contributed by atoms with E-state index in [4.69, 9.17) is 0 Å². The highest BCUT2D eigenvalue weighted by Crippen LogP contribution is 2.27. The lowest BCUT2D eigenvalue weighted by Gasteiger charge is -2.09. The van der Waals surface area contributed by atoms with Gasteiger partial charge in [-0.2, -0.15) is 5.10 Å². The number of nitrogens with zero attached hydrogens (tertiary/aromatic N) is 2. The largest absolute Gasteiger partial charge is 0.325 e.